The number of hydrogen-bond donors (Lipinski definition) is 2. The summed E-state index contributed by atoms with van der Waals surface area (Å²) < 4.78 is 5.00. The zero-order valence-electron chi connectivity index (χ0n) is 12.4. The van der Waals surface area contributed by atoms with Crippen LogP contribution in [0.25, 0.3) is 0 Å². The smallest absolute Gasteiger partial charge is 0.176 e. The fourth-order valence-electron chi connectivity index (χ4n) is 2.03. The Bertz CT molecular complexity index is 602. The van der Waals surface area contributed by atoms with Gasteiger partial charge in [-0.15, -0.1) is 12.4 Å². The number of carbonyl (C=O) groups excluding carboxylic acids is 1. The van der Waals surface area contributed by atoms with Crippen LogP contribution in [-0.2, 0) is 6.42 Å². The number of Topliss-reactive ketones (excluding diaryl/α,β-unsaturated/α-hetero) is 1. The van der Waals surface area contributed by atoms with Gasteiger partial charge >= 0.3 is 0 Å². The Morgan fingerprint density at radius 1 is 1.18 bits per heavy atom. The van der Waals surface area contributed by atoms with E-state index in [0.29, 0.717) is 11.3 Å². The zero-order chi connectivity index (χ0) is 15.1. The topological polar surface area (TPSA) is 58.6 Å². The van der Waals surface area contributed by atoms with E-state index in [0.717, 1.165) is 13.0 Å². The molecule has 0 saturated heterocycles. The van der Waals surface area contributed by atoms with Crippen molar-refractivity contribution in [1.29, 1.82) is 0 Å². The lowest BCUT2D eigenvalue weighted by atomic mass is 10.1. The van der Waals surface area contributed by atoms with Gasteiger partial charge in [0.25, 0.3) is 0 Å². The summed E-state index contributed by atoms with van der Waals surface area (Å²) in [7, 11) is 1.46. The predicted molar refractivity (Wildman–Crippen MR) is 89.3 cm³/mol. The van der Waals surface area contributed by atoms with Gasteiger partial charge in [0.2, 0.25) is 0 Å². The van der Waals surface area contributed by atoms with E-state index in [-0.39, 0.29) is 30.5 Å². The van der Waals surface area contributed by atoms with Gasteiger partial charge in [-0.05, 0) is 36.7 Å². The van der Waals surface area contributed by atoms with Crippen molar-refractivity contribution < 1.29 is 14.6 Å². The van der Waals surface area contributed by atoms with Crippen LogP contribution in [0, 0.1) is 0 Å². The molecular formula is C17H20ClNO3. The number of ketones is 1. The van der Waals surface area contributed by atoms with Crippen LogP contribution in [0.5, 0.6) is 11.5 Å². The number of halogens is 1. The van der Waals surface area contributed by atoms with Crippen molar-refractivity contribution in [2.75, 3.05) is 20.2 Å². The lowest BCUT2D eigenvalue weighted by Crippen LogP contribution is -2.25. The summed E-state index contributed by atoms with van der Waals surface area (Å²) in [5.41, 5.74) is 1.76. The highest BCUT2D eigenvalue weighted by atomic mass is 35.5. The van der Waals surface area contributed by atoms with E-state index < -0.39 is 0 Å². The minimum Gasteiger partial charge on any atom is -0.504 e. The van der Waals surface area contributed by atoms with E-state index in [1.807, 2.05) is 18.2 Å². The van der Waals surface area contributed by atoms with Crippen molar-refractivity contribution in [3.8, 4) is 11.5 Å². The first-order chi connectivity index (χ1) is 10.2. The molecule has 2 N–H and O–H groups in total. The molecule has 2 aromatic rings. The molecule has 0 spiro atoms. The molecule has 5 heteroatoms. The Morgan fingerprint density at radius 2 is 1.91 bits per heavy atom. The zero-order valence-corrected chi connectivity index (χ0v) is 13.2. The lowest BCUT2D eigenvalue weighted by molar-refractivity contribution is 0.0991. The number of nitrogens with one attached hydrogen (secondary N) is 1. The average Bonchev–Trinajstić information content (AvgIpc) is 2.53. The summed E-state index contributed by atoms with van der Waals surface area (Å²) in [4.78, 5) is 12.0. The van der Waals surface area contributed by atoms with Crippen LogP contribution in [0.4, 0.5) is 0 Å². The number of rotatable bonds is 7. The Balaban J connectivity index is 0.00000242. The first kappa shape index (κ1) is 18.0. The number of phenolic OH excluding ortho intramolecular Hbond substituents is 1. The lowest BCUT2D eigenvalue weighted by Gasteiger charge is -2.07. The van der Waals surface area contributed by atoms with Crippen molar-refractivity contribution in [1.82, 2.24) is 5.32 Å². The Morgan fingerprint density at radius 3 is 2.59 bits per heavy atom. The molecule has 0 aromatic heterocycles. The maximum absolute atomic E-state index is 12.0. The highest BCUT2D eigenvalue weighted by Gasteiger charge is 2.09. The molecule has 0 aliphatic rings. The molecule has 4 nitrogen and oxygen atoms in total. The van der Waals surface area contributed by atoms with E-state index in [1.165, 1.54) is 18.7 Å². The van der Waals surface area contributed by atoms with E-state index in [1.54, 1.807) is 12.1 Å². The molecule has 0 aliphatic heterocycles. The number of benzene rings is 2. The van der Waals surface area contributed by atoms with Gasteiger partial charge in [0, 0.05) is 5.56 Å². The molecule has 0 atom stereocenters. The van der Waals surface area contributed by atoms with Gasteiger partial charge in [0.05, 0.1) is 13.7 Å². The van der Waals surface area contributed by atoms with Crippen LogP contribution in [0.1, 0.15) is 15.9 Å². The molecule has 0 amide bonds. The number of carbonyl (C=O) groups is 1. The molecule has 2 rings (SSSR count). The van der Waals surface area contributed by atoms with E-state index in [2.05, 4.69) is 17.4 Å². The second-order valence-corrected chi connectivity index (χ2v) is 4.72. The molecule has 22 heavy (non-hydrogen) atoms. The number of phenols is 1. The number of hydrogen-bond acceptors (Lipinski definition) is 4. The Hall–Kier alpha value is -2.04. The maximum atomic E-state index is 12.0. The first-order valence-electron chi connectivity index (χ1n) is 6.85. The van der Waals surface area contributed by atoms with Gasteiger partial charge in [-0.25, -0.2) is 0 Å². The van der Waals surface area contributed by atoms with Gasteiger partial charge in [-0.3, -0.25) is 4.79 Å². The van der Waals surface area contributed by atoms with Crippen LogP contribution in [0.2, 0.25) is 0 Å². The molecular weight excluding hydrogens is 302 g/mol. The third-order valence-electron chi connectivity index (χ3n) is 3.22. The standard InChI is InChI=1S/C17H19NO3.ClH/c1-21-17-11-14(7-8-15(17)19)16(20)12-18-10-9-13-5-3-2-4-6-13;/h2-8,11,18-19H,9-10,12H2,1H3;1H. The molecule has 0 radical (unpaired) electrons. The normalized spacial score (nSPS) is 9.86. The van der Waals surface area contributed by atoms with Crippen molar-refractivity contribution in [2.24, 2.45) is 0 Å². The molecule has 0 bridgehead atoms. The molecule has 0 fully saturated rings. The largest absolute Gasteiger partial charge is 0.504 e. The number of aromatic hydroxyl groups is 1. The molecule has 0 aliphatic carbocycles. The molecule has 0 unspecified atom stereocenters. The van der Waals surface area contributed by atoms with Crippen molar-refractivity contribution in [2.45, 2.75) is 6.42 Å². The van der Waals surface area contributed by atoms with Crippen LogP contribution < -0.4 is 10.1 Å². The number of ether oxygens (including phenoxy) is 1. The van der Waals surface area contributed by atoms with Crippen LogP contribution in [0.15, 0.2) is 48.5 Å². The predicted octanol–water partition coefficient (Wildman–Crippen LogP) is 2.84. The van der Waals surface area contributed by atoms with E-state index in [9.17, 15) is 9.90 Å². The fourth-order valence-corrected chi connectivity index (χ4v) is 2.03. The SMILES string of the molecule is COc1cc(C(=O)CNCCc2ccccc2)ccc1O.Cl. The molecule has 0 saturated carbocycles. The summed E-state index contributed by atoms with van der Waals surface area (Å²) in [6.45, 7) is 1.01. The van der Waals surface area contributed by atoms with Gasteiger partial charge in [-0.1, -0.05) is 30.3 Å². The summed E-state index contributed by atoms with van der Waals surface area (Å²) in [6, 6.07) is 14.7. The van der Waals surface area contributed by atoms with Crippen LogP contribution in [-0.4, -0.2) is 31.1 Å². The van der Waals surface area contributed by atoms with Gasteiger partial charge in [0.1, 0.15) is 0 Å². The highest BCUT2D eigenvalue weighted by Crippen LogP contribution is 2.26. The minimum absolute atomic E-state index is 0. The van der Waals surface area contributed by atoms with Gasteiger partial charge in [0.15, 0.2) is 17.3 Å². The first-order valence-corrected chi connectivity index (χ1v) is 6.85. The summed E-state index contributed by atoms with van der Waals surface area (Å²) >= 11 is 0. The quantitative estimate of drug-likeness (QED) is 0.608. The number of methoxy groups -OCH3 is 1. The Kier molecular flexibility index (Phi) is 7.43. The van der Waals surface area contributed by atoms with Crippen LogP contribution in [0.3, 0.4) is 0 Å². The fraction of sp³-hybridized carbons (Fsp3) is 0.235. The molecule has 118 valence electrons. The highest BCUT2D eigenvalue weighted by molar-refractivity contribution is 5.98. The van der Waals surface area contributed by atoms with Gasteiger partial charge < -0.3 is 15.2 Å². The minimum atomic E-state index is -0.0265. The van der Waals surface area contributed by atoms with E-state index >= 15 is 0 Å². The van der Waals surface area contributed by atoms with E-state index in [4.69, 9.17) is 4.74 Å². The maximum Gasteiger partial charge on any atom is 0.176 e. The third kappa shape index (κ3) is 5.06. The van der Waals surface area contributed by atoms with Gasteiger partial charge in [-0.2, -0.15) is 0 Å². The average molecular weight is 322 g/mol. The monoisotopic (exact) mass is 321 g/mol. The summed E-state index contributed by atoms with van der Waals surface area (Å²) in [5.74, 6) is 0.317. The third-order valence-corrected chi connectivity index (χ3v) is 3.22. The molecule has 0 heterocycles. The summed E-state index contributed by atoms with van der Waals surface area (Å²) in [6.07, 6.45) is 0.882. The second-order valence-electron chi connectivity index (χ2n) is 4.72. The van der Waals surface area contributed by atoms with Crippen molar-refractivity contribution in [3.63, 3.8) is 0 Å². The van der Waals surface area contributed by atoms with Crippen molar-refractivity contribution in [3.05, 3.63) is 59.7 Å². The summed E-state index contributed by atoms with van der Waals surface area (Å²) in [5, 5.41) is 12.6. The van der Waals surface area contributed by atoms with Crippen LogP contribution >= 0.6 is 12.4 Å². The van der Waals surface area contributed by atoms with Crippen molar-refractivity contribution >= 4 is 18.2 Å². The second kappa shape index (κ2) is 9.07. The molecule has 2 aromatic carbocycles. The Labute approximate surface area is 136 Å².